The van der Waals surface area contributed by atoms with Crippen LogP contribution in [-0.4, -0.2) is 26.1 Å². The van der Waals surface area contributed by atoms with Crippen molar-refractivity contribution in [2.45, 2.75) is 58.2 Å². The highest BCUT2D eigenvalue weighted by Gasteiger charge is 2.40. The molecule has 1 unspecified atom stereocenters. The molecule has 6 nitrogen and oxygen atoms in total. The van der Waals surface area contributed by atoms with Gasteiger partial charge in [0.1, 0.15) is 0 Å². The van der Waals surface area contributed by atoms with Gasteiger partial charge < -0.3 is 4.57 Å². The molecule has 4 rings (SSSR count). The molecule has 1 atom stereocenters. The zero-order valence-corrected chi connectivity index (χ0v) is 17.1. The first-order valence-corrected chi connectivity index (χ1v) is 10.1. The Morgan fingerprint density at radius 2 is 1.83 bits per heavy atom. The van der Waals surface area contributed by atoms with Crippen molar-refractivity contribution in [2.75, 3.05) is 0 Å². The number of non-ortho nitro benzene ring substituents is 1. The van der Waals surface area contributed by atoms with Gasteiger partial charge in [-0.15, -0.1) is 10.3 Å². The Morgan fingerprint density at radius 3 is 2.41 bits per heavy atom. The second-order valence-electron chi connectivity index (χ2n) is 8.43. The standard InChI is InChI=1S/C23H26N3O3/c1-4-24-21-8-6-5-7-19(21)20(15-18-13-14-23(2,3)25(18)27)22(24)16-9-11-17(12-10-16)26(28)29/h5-12,18H,4,13-15H2,1-3H3. The molecule has 0 bridgehead atoms. The number of para-hydroxylation sites is 1. The van der Waals surface area contributed by atoms with Crippen molar-refractivity contribution in [3.05, 3.63) is 64.2 Å². The number of benzene rings is 2. The van der Waals surface area contributed by atoms with Crippen LogP contribution in [0.15, 0.2) is 48.5 Å². The van der Waals surface area contributed by atoms with Crippen molar-refractivity contribution >= 4 is 16.6 Å². The third kappa shape index (κ3) is 3.32. The summed E-state index contributed by atoms with van der Waals surface area (Å²) in [5.74, 6) is 0. The van der Waals surface area contributed by atoms with Crippen LogP contribution in [0.25, 0.3) is 22.2 Å². The number of aryl methyl sites for hydroxylation is 1. The van der Waals surface area contributed by atoms with E-state index in [1.807, 2.05) is 38.1 Å². The van der Waals surface area contributed by atoms with Crippen LogP contribution in [0, 0.1) is 10.1 Å². The van der Waals surface area contributed by atoms with Gasteiger partial charge in [0.25, 0.3) is 5.69 Å². The minimum absolute atomic E-state index is 0.0575. The van der Waals surface area contributed by atoms with Gasteiger partial charge in [0, 0.05) is 41.2 Å². The summed E-state index contributed by atoms with van der Waals surface area (Å²) in [6.07, 6.45) is 2.44. The number of hydrogen-bond acceptors (Lipinski definition) is 3. The van der Waals surface area contributed by atoms with Gasteiger partial charge in [-0.25, -0.2) is 0 Å². The van der Waals surface area contributed by atoms with Crippen molar-refractivity contribution in [1.82, 2.24) is 9.63 Å². The van der Waals surface area contributed by atoms with Gasteiger partial charge in [0.15, 0.2) is 0 Å². The number of hydrogen-bond donors (Lipinski definition) is 0. The average Bonchev–Trinajstić information content (AvgIpc) is 3.17. The van der Waals surface area contributed by atoms with E-state index in [1.165, 1.54) is 5.06 Å². The Morgan fingerprint density at radius 1 is 1.14 bits per heavy atom. The molecule has 2 heterocycles. The Bertz CT molecular complexity index is 1050. The van der Waals surface area contributed by atoms with Gasteiger partial charge in [0.05, 0.1) is 10.6 Å². The first kappa shape index (κ1) is 19.6. The summed E-state index contributed by atoms with van der Waals surface area (Å²) in [4.78, 5) is 10.7. The maximum atomic E-state index is 12.8. The van der Waals surface area contributed by atoms with Crippen molar-refractivity contribution < 1.29 is 10.1 Å². The number of aromatic nitrogens is 1. The molecular formula is C23H26N3O3. The fourth-order valence-corrected chi connectivity index (χ4v) is 4.64. The lowest BCUT2D eigenvalue weighted by molar-refractivity contribution is -0.384. The molecule has 3 aromatic rings. The smallest absolute Gasteiger partial charge is 0.269 e. The van der Waals surface area contributed by atoms with E-state index >= 15 is 0 Å². The first-order valence-electron chi connectivity index (χ1n) is 10.1. The van der Waals surface area contributed by atoms with E-state index in [2.05, 4.69) is 23.6 Å². The average molecular weight is 392 g/mol. The Labute approximate surface area is 170 Å². The van der Waals surface area contributed by atoms with Crippen molar-refractivity contribution in [1.29, 1.82) is 0 Å². The molecule has 1 aliphatic rings. The van der Waals surface area contributed by atoms with Crippen LogP contribution in [0.4, 0.5) is 5.69 Å². The number of nitrogens with zero attached hydrogens (tertiary/aromatic N) is 3. The topological polar surface area (TPSA) is 71.2 Å². The van der Waals surface area contributed by atoms with E-state index in [0.29, 0.717) is 6.42 Å². The minimum atomic E-state index is -0.379. The molecular weight excluding hydrogens is 366 g/mol. The van der Waals surface area contributed by atoms with Gasteiger partial charge in [-0.2, -0.15) is 0 Å². The zero-order chi connectivity index (χ0) is 20.8. The summed E-state index contributed by atoms with van der Waals surface area (Å²) in [7, 11) is 0. The van der Waals surface area contributed by atoms with E-state index in [9.17, 15) is 15.3 Å². The molecule has 1 aromatic heterocycles. The van der Waals surface area contributed by atoms with Gasteiger partial charge >= 0.3 is 0 Å². The fourth-order valence-electron chi connectivity index (χ4n) is 4.64. The van der Waals surface area contributed by atoms with Gasteiger partial charge in [-0.3, -0.25) is 10.1 Å². The quantitative estimate of drug-likeness (QED) is 0.433. The predicted octanol–water partition coefficient (Wildman–Crippen LogP) is 5.37. The summed E-state index contributed by atoms with van der Waals surface area (Å²) in [5, 5.41) is 26.3. The second-order valence-corrected chi connectivity index (χ2v) is 8.43. The van der Waals surface area contributed by atoms with Crippen LogP contribution in [0.5, 0.6) is 0 Å². The maximum absolute atomic E-state index is 12.8. The predicted molar refractivity (Wildman–Crippen MR) is 113 cm³/mol. The summed E-state index contributed by atoms with van der Waals surface area (Å²) < 4.78 is 2.25. The van der Waals surface area contributed by atoms with E-state index < -0.39 is 0 Å². The summed E-state index contributed by atoms with van der Waals surface area (Å²) in [6, 6.07) is 14.9. The lowest BCUT2D eigenvalue weighted by Crippen LogP contribution is -2.39. The molecule has 0 spiro atoms. The van der Waals surface area contributed by atoms with Gasteiger partial charge in [-0.05, 0) is 69.4 Å². The van der Waals surface area contributed by atoms with Gasteiger partial charge in [-0.1, -0.05) is 18.2 Å². The Kier molecular flexibility index (Phi) is 4.92. The maximum Gasteiger partial charge on any atom is 0.269 e. The fraction of sp³-hybridized carbons (Fsp3) is 0.391. The van der Waals surface area contributed by atoms with E-state index in [1.54, 1.807) is 12.1 Å². The molecule has 1 saturated heterocycles. The molecule has 6 heteroatoms. The van der Waals surface area contributed by atoms with Crippen LogP contribution in [-0.2, 0) is 18.2 Å². The summed E-state index contributed by atoms with van der Waals surface area (Å²) >= 11 is 0. The molecule has 151 valence electrons. The van der Waals surface area contributed by atoms with Crippen LogP contribution < -0.4 is 0 Å². The van der Waals surface area contributed by atoms with Crippen LogP contribution in [0.1, 0.15) is 39.2 Å². The molecule has 0 amide bonds. The van der Waals surface area contributed by atoms with E-state index in [-0.39, 0.29) is 22.2 Å². The highest BCUT2D eigenvalue weighted by Crippen LogP contribution is 2.39. The van der Waals surface area contributed by atoms with Crippen molar-refractivity contribution in [3.8, 4) is 11.3 Å². The molecule has 1 radical (unpaired) electrons. The van der Waals surface area contributed by atoms with Crippen LogP contribution in [0.2, 0.25) is 0 Å². The zero-order valence-electron chi connectivity index (χ0n) is 17.1. The number of rotatable bonds is 5. The summed E-state index contributed by atoms with van der Waals surface area (Å²) in [5.41, 5.74) is 4.03. The first-order chi connectivity index (χ1) is 13.8. The molecule has 0 saturated carbocycles. The minimum Gasteiger partial charge on any atom is -0.341 e. The molecule has 1 aliphatic heterocycles. The second kappa shape index (κ2) is 7.28. The highest BCUT2D eigenvalue weighted by atomic mass is 16.6. The molecule has 29 heavy (non-hydrogen) atoms. The number of fused-ring (bicyclic) bond motifs is 1. The molecule has 0 aliphatic carbocycles. The normalized spacial score (nSPS) is 19.1. The number of nitro benzene ring substituents is 1. The number of hydroxylamine groups is 2. The van der Waals surface area contributed by atoms with E-state index in [0.717, 1.165) is 47.1 Å². The molecule has 1 fully saturated rings. The third-order valence-corrected chi connectivity index (χ3v) is 6.20. The molecule has 2 aromatic carbocycles. The Balaban J connectivity index is 1.86. The van der Waals surface area contributed by atoms with Gasteiger partial charge in [0.2, 0.25) is 0 Å². The van der Waals surface area contributed by atoms with Crippen LogP contribution >= 0.6 is 0 Å². The summed E-state index contributed by atoms with van der Waals surface area (Å²) in [6.45, 7) is 6.90. The Hall–Kier alpha value is -2.70. The van der Waals surface area contributed by atoms with Crippen molar-refractivity contribution in [2.24, 2.45) is 0 Å². The lowest BCUT2D eigenvalue weighted by atomic mass is 9.97. The van der Waals surface area contributed by atoms with Crippen LogP contribution in [0.3, 0.4) is 0 Å². The molecule has 0 N–H and O–H groups in total. The SMILES string of the molecule is CCn1c(-c2ccc([N+](=O)[O-])cc2)c(CC2CCC(C)(C)N2[O])c2ccccc21. The van der Waals surface area contributed by atoms with Crippen molar-refractivity contribution in [3.63, 3.8) is 0 Å². The largest absolute Gasteiger partial charge is 0.341 e. The third-order valence-electron chi connectivity index (χ3n) is 6.20. The monoisotopic (exact) mass is 392 g/mol. The lowest BCUT2D eigenvalue weighted by Gasteiger charge is -2.27. The van der Waals surface area contributed by atoms with E-state index in [4.69, 9.17) is 0 Å². The highest BCUT2D eigenvalue weighted by molar-refractivity contribution is 5.92. The number of nitro groups is 1.